The molecule has 4 heteroatoms. The molecular weight excluding hydrogens is 324 g/mol. The van der Waals surface area contributed by atoms with Gasteiger partial charge in [-0.1, -0.05) is 60.7 Å². The van der Waals surface area contributed by atoms with E-state index in [0.29, 0.717) is 17.9 Å². The topological polar surface area (TPSA) is 46.5 Å². The quantitative estimate of drug-likeness (QED) is 0.706. The normalized spacial score (nSPS) is 9.83. The van der Waals surface area contributed by atoms with Crippen molar-refractivity contribution in [3.05, 3.63) is 90.0 Å². The average molecular weight is 341 g/mol. The van der Waals surface area contributed by atoms with Gasteiger partial charge in [0.25, 0.3) is 0 Å². The fraction of sp³-hybridized carbons (Fsp3) is 0.0500. The number of hydrogen-bond acceptors (Lipinski definition) is 2. The summed E-state index contributed by atoms with van der Waals surface area (Å²) in [5.74, 6) is -0.295. The van der Waals surface area contributed by atoms with E-state index in [2.05, 4.69) is 0 Å². The van der Waals surface area contributed by atoms with Crippen LogP contribution in [0.1, 0.15) is 15.9 Å². The SMILES string of the molecule is Cl.O=C(O)c1ccc(OCc2ccccc2)cc1-c1ccccc1. The Morgan fingerprint density at radius 1 is 0.875 bits per heavy atom. The maximum absolute atomic E-state index is 11.4. The molecule has 3 aromatic rings. The average Bonchev–Trinajstić information content (AvgIpc) is 2.61. The van der Waals surface area contributed by atoms with Gasteiger partial charge in [-0.3, -0.25) is 0 Å². The molecule has 0 bridgehead atoms. The van der Waals surface area contributed by atoms with Gasteiger partial charge in [0.05, 0.1) is 5.56 Å². The van der Waals surface area contributed by atoms with Crippen molar-refractivity contribution in [2.45, 2.75) is 6.61 Å². The smallest absolute Gasteiger partial charge is 0.336 e. The summed E-state index contributed by atoms with van der Waals surface area (Å²) in [6, 6.07) is 24.4. The third-order valence-electron chi connectivity index (χ3n) is 3.55. The molecule has 0 amide bonds. The van der Waals surface area contributed by atoms with E-state index >= 15 is 0 Å². The fourth-order valence-corrected chi connectivity index (χ4v) is 2.40. The van der Waals surface area contributed by atoms with E-state index in [9.17, 15) is 9.90 Å². The van der Waals surface area contributed by atoms with E-state index in [4.69, 9.17) is 4.74 Å². The minimum absolute atomic E-state index is 0. The third-order valence-corrected chi connectivity index (χ3v) is 3.55. The van der Waals surface area contributed by atoms with Crippen molar-refractivity contribution in [2.24, 2.45) is 0 Å². The van der Waals surface area contributed by atoms with Crippen LogP contribution in [-0.4, -0.2) is 11.1 Å². The molecule has 0 heterocycles. The van der Waals surface area contributed by atoms with Crippen LogP contribution in [0, 0.1) is 0 Å². The van der Waals surface area contributed by atoms with E-state index in [1.54, 1.807) is 18.2 Å². The van der Waals surface area contributed by atoms with Gasteiger partial charge in [0, 0.05) is 0 Å². The van der Waals surface area contributed by atoms with Crippen molar-refractivity contribution in [3.63, 3.8) is 0 Å². The highest BCUT2D eigenvalue weighted by Gasteiger charge is 2.12. The Hall–Kier alpha value is -2.78. The van der Waals surface area contributed by atoms with Gasteiger partial charge in [-0.05, 0) is 34.9 Å². The van der Waals surface area contributed by atoms with Crippen LogP contribution in [0.2, 0.25) is 0 Å². The maximum Gasteiger partial charge on any atom is 0.336 e. The van der Waals surface area contributed by atoms with Crippen LogP contribution >= 0.6 is 12.4 Å². The van der Waals surface area contributed by atoms with Crippen molar-refractivity contribution in [1.82, 2.24) is 0 Å². The zero-order valence-corrected chi connectivity index (χ0v) is 13.7. The lowest BCUT2D eigenvalue weighted by Gasteiger charge is -2.11. The standard InChI is InChI=1S/C20H16O3.ClH/c21-20(22)18-12-11-17(23-14-15-7-3-1-4-8-15)13-19(18)16-9-5-2-6-10-16;/h1-13H,14H2,(H,21,22);1H. The van der Waals surface area contributed by atoms with Crippen molar-refractivity contribution >= 4 is 18.4 Å². The Kier molecular flexibility index (Phi) is 5.99. The van der Waals surface area contributed by atoms with Gasteiger partial charge in [-0.15, -0.1) is 12.4 Å². The lowest BCUT2D eigenvalue weighted by atomic mass is 9.99. The molecule has 0 aromatic heterocycles. The first kappa shape index (κ1) is 17.6. The minimum atomic E-state index is -0.946. The van der Waals surface area contributed by atoms with Crippen molar-refractivity contribution in [1.29, 1.82) is 0 Å². The molecule has 0 fully saturated rings. The van der Waals surface area contributed by atoms with Crippen molar-refractivity contribution < 1.29 is 14.6 Å². The van der Waals surface area contributed by atoms with E-state index in [1.807, 2.05) is 60.7 Å². The maximum atomic E-state index is 11.4. The predicted octanol–water partition coefficient (Wildman–Crippen LogP) is 5.05. The number of carboxylic acid groups (broad SMARTS) is 1. The number of halogens is 1. The van der Waals surface area contributed by atoms with Crippen LogP contribution in [0.4, 0.5) is 0 Å². The van der Waals surface area contributed by atoms with Crippen LogP contribution < -0.4 is 4.74 Å². The molecule has 3 nitrogen and oxygen atoms in total. The number of rotatable bonds is 5. The van der Waals surface area contributed by atoms with Crippen LogP contribution in [0.5, 0.6) is 5.75 Å². The largest absolute Gasteiger partial charge is 0.489 e. The summed E-state index contributed by atoms with van der Waals surface area (Å²) in [7, 11) is 0. The molecular formula is C20H17ClO3. The Bertz CT molecular complexity index is 802. The highest BCUT2D eigenvalue weighted by molar-refractivity contribution is 5.96. The zero-order valence-electron chi connectivity index (χ0n) is 12.9. The molecule has 0 aliphatic rings. The highest BCUT2D eigenvalue weighted by atomic mass is 35.5. The minimum Gasteiger partial charge on any atom is -0.489 e. The molecule has 122 valence electrons. The lowest BCUT2D eigenvalue weighted by Crippen LogP contribution is -2.01. The molecule has 0 aliphatic carbocycles. The third kappa shape index (κ3) is 4.15. The number of carbonyl (C=O) groups is 1. The Morgan fingerprint density at radius 2 is 1.50 bits per heavy atom. The Morgan fingerprint density at radius 3 is 2.12 bits per heavy atom. The molecule has 0 atom stereocenters. The lowest BCUT2D eigenvalue weighted by molar-refractivity contribution is 0.0697. The van der Waals surface area contributed by atoms with E-state index in [0.717, 1.165) is 11.1 Å². The van der Waals surface area contributed by atoms with Gasteiger partial charge in [0.2, 0.25) is 0 Å². The van der Waals surface area contributed by atoms with Gasteiger partial charge >= 0.3 is 5.97 Å². The second kappa shape index (κ2) is 8.18. The summed E-state index contributed by atoms with van der Waals surface area (Å²) in [6.45, 7) is 0.446. The molecule has 0 aliphatic heterocycles. The molecule has 0 saturated carbocycles. The molecule has 0 radical (unpaired) electrons. The molecule has 3 aromatic carbocycles. The van der Waals surface area contributed by atoms with Gasteiger partial charge < -0.3 is 9.84 Å². The summed E-state index contributed by atoms with van der Waals surface area (Å²) in [6.07, 6.45) is 0. The number of carboxylic acids is 1. The number of ether oxygens (including phenoxy) is 1. The second-order valence-corrected chi connectivity index (χ2v) is 5.15. The first-order valence-electron chi connectivity index (χ1n) is 7.33. The summed E-state index contributed by atoms with van der Waals surface area (Å²) < 4.78 is 5.80. The van der Waals surface area contributed by atoms with E-state index in [-0.39, 0.29) is 18.0 Å². The van der Waals surface area contributed by atoms with E-state index in [1.165, 1.54) is 0 Å². The number of aromatic carboxylic acids is 1. The first-order valence-corrected chi connectivity index (χ1v) is 7.33. The monoisotopic (exact) mass is 340 g/mol. The molecule has 3 rings (SSSR count). The Balaban J connectivity index is 0.00000208. The summed E-state index contributed by atoms with van der Waals surface area (Å²) >= 11 is 0. The summed E-state index contributed by atoms with van der Waals surface area (Å²) in [5.41, 5.74) is 2.85. The fourth-order valence-electron chi connectivity index (χ4n) is 2.40. The summed E-state index contributed by atoms with van der Waals surface area (Å²) in [5, 5.41) is 9.38. The van der Waals surface area contributed by atoms with Crippen molar-refractivity contribution in [2.75, 3.05) is 0 Å². The zero-order chi connectivity index (χ0) is 16.1. The van der Waals surface area contributed by atoms with Crippen LogP contribution in [0.3, 0.4) is 0 Å². The molecule has 0 spiro atoms. The van der Waals surface area contributed by atoms with Gasteiger partial charge in [0.15, 0.2) is 0 Å². The predicted molar refractivity (Wildman–Crippen MR) is 96.9 cm³/mol. The first-order chi connectivity index (χ1) is 11.2. The van der Waals surface area contributed by atoms with Gasteiger partial charge in [-0.25, -0.2) is 4.79 Å². The number of benzene rings is 3. The molecule has 0 unspecified atom stereocenters. The summed E-state index contributed by atoms with van der Waals surface area (Å²) in [4.78, 5) is 11.4. The van der Waals surface area contributed by atoms with Gasteiger partial charge in [-0.2, -0.15) is 0 Å². The van der Waals surface area contributed by atoms with Gasteiger partial charge in [0.1, 0.15) is 12.4 Å². The van der Waals surface area contributed by atoms with Crippen LogP contribution in [-0.2, 0) is 6.61 Å². The molecule has 0 saturated heterocycles. The molecule has 24 heavy (non-hydrogen) atoms. The number of hydrogen-bond donors (Lipinski definition) is 1. The van der Waals surface area contributed by atoms with E-state index < -0.39 is 5.97 Å². The Labute approximate surface area is 146 Å². The van der Waals surface area contributed by atoms with Crippen LogP contribution in [0.25, 0.3) is 11.1 Å². The van der Waals surface area contributed by atoms with Crippen molar-refractivity contribution in [3.8, 4) is 16.9 Å². The highest BCUT2D eigenvalue weighted by Crippen LogP contribution is 2.28. The molecule has 1 N–H and O–H groups in total. The second-order valence-electron chi connectivity index (χ2n) is 5.15. The van der Waals surface area contributed by atoms with Crippen LogP contribution in [0.15, 0.2) is 78.9 Å².